The summed E-state index contributed by atoms with van der Waals surface area (Å²) in [5.74, 6) is 0.0185. The second kappa shape index (κ2) is 2.88. The summed E-state index contributed by atoms with van der Waals surface area (Å²) in [6.07, 6.45) is 2.46. The average molecular weight is 84.1 g/mol. The Balaban J connectivity index is 2.96. The van der Waals surface area contributed by atoms with Gasteiger partial charge in [-0.25, -0.2) is 0 Å². The van der Waals surface area contributed by atoms with Crippen molar-refractivity contribution in [1.29, 1.82) is 0 Å². The first-order valence-electron chi connectivity index (χ1n) is 1.98. The highest BCUT2D eigenvalue weighted by molar-refractivity contribution is 5.53. The van der Waals surface area contributed by atoms with E-state index in [2.05, 4.69) is 6.92 Å². The topological polar surface area (TPSA) is 17.1 Å². The summed E-state index contributed by atoms with van der Waals surface area (Å²) in [7, 11) is 0. The fourth-order valence-corrected chi connectivity index (χ4v) is 0.0589. The largest absolute Gasteiger partial charge is 0.291 e. The molecule has 34 valence electrons. The van der Waals surface area contributed by atoms with Crippen LogP contribution in [0.4, 0.5) is 0 Å². The van der Waals surface area contributed by atoms with Crippen molar-refractivity contribution in [2.75, 3.05) is 0 Å². The monoisotopic (exact) mass is 84.1 g/mol. The predicted molar refractivity (Wildman–Crippen MR) is 24.8 cm³/mol. The Hall–Kier alpha value is -0.330. The minimum Gasteiger partial charge on any atom is -0.291 e. The molecule has 0 saturated carbocycles. The zero-order chi connectivity index (χ0) is 4.99. The average Bonchev–Trinajstić information content (AvgIpc) is 1.65. The second-order valence-electron chi connectivity index (χ2n) is 1.31. The maximum Gasteiger partial charge on any atom is 0.201 e. The molecule has 1 nitrogen and oxygen atoms in total. The molecule has 0 aliphatic heterocycles. The molecule has 0 rings (SSSR count). The van der Waals surface area contributed by atoms with Gasteiger partial charge < -0.3 is 0 Å². The first kappa shape index (κ1) is 5.67. The molecule has 0 aliphatic rings. The van der Waals surface area contributed by atoms with Crippen LogP contribution in [0.25, 0.3) is 0 Å². The van der Waals surface area contributed by atoms with Crippen LogP contribution in [-0.4, -0.2) is 6.29 Å². The van der Waals surface area contributed by atoms with Crippen molar-refractivity contribution >= 4 is 6.29 Å². The summed E-state index contributed by atoms with van der Waals surface area (Å²) in [4.78, 5) is 9.57. The van der Waals surface area contributed by atoms with Crippen molar-refractivity contribution in [3.05, 3.63) is 6.92 Å². The quantitative estimate of drug-likeness (QED) is 0.487. The molecule has 0 N–H and O–H groups in total. The van der Waals surface area contributed by atoms with Crippen LogP contribution in [0, 0.1) is 12.8 Å². The zero-order valence-electron chi connectivity index (χ0n) is 3.90. The first-order valence-corrected chi connectivity index (χ1v) is 1.98. The van der Waals surface area contributed by atoms with Crippen LogP contribution in [-0.2, 0) is 4.79 Å². The van der Waals surface area contributed by atoms with Crippen LogP contribution in [0.3, 0.4) is 0 Å². The van der Waals surface area contributed by atoms with Crippen molar-refractivity contribution < 1.29 is 4.79 Å². The highest BCUT2D eigenvalue weighted by Gasteiger charge is 1.91. The van der Waals surface area contributed by atoms with Crippen molar-refractivity contribution in [3.63, 3.8) is 0 Å². The second-order valence-corrected chi connectivity index (χ2v) is 1.31. The normalized spacial score (nSPS) is 13.7. The molecule has 0 aromatic carbocycles. The van der Waals surface area contributed by atoms with Gasteiger partial charge in [0.15, 0.2) is 0 Å². The Morgan fingerprint density at radius 3 is 2.50 bits per heavy atom. The number of hydrogen-bond donors (Lipinski definition) is 0. The minimum atomic E-state index is 0.0185. The lowest BCUT2D eigenvalue weighted by Gasteiger charge is -1.87. The lowest BCUT2D eigenvalue weighted by Crippen LogP contribution is -1.89. The molecule has 0 aromatic heterocycles. The summed E-state index contributed by atoms with van der Waals surface area (Å²) < 4.78 is 0. The Bertz CT molecular complexity index is 41.2. The predicted octanol–water partition coefficient (Wildman–Crippen LogP) is 0.956. The Morgan fingerprint density at radius 1 is 2.00 bits per heavy atom. The van der Waals surface area contributed by atoms with E-state index in [1.807, 2.05) is 0 Å². The molecule has 0 aliphatic carbocycles. The summed E-state index contributed by atoms with van der Waals surface area (Å²) in [6.45, 7) is 5.29. The van der Waals surface area contributed by atoms with Gasteiger partial charge in [-0.05, 0) is 6.42 Å². The lowest BCUT2D eigenvalue weighted by molar-refractivity contribution is 0.530. The first-order chi connectivity index (χ1) is 2.81. The molecular formula is C5H8O. The van der Waals surface area contributed by atoms with Crippen LogP contribution < -0.4 is 0 Å². The van der Waals surface area contributed by atoms with Crippen LogP contribution in [0.1, 0.15) is 13.3 Å². The Kier molecular flexibility index (Phi) is 2.73. The summed E-state index contributed by atoms with van der Waals surface area (Å²) in [5.41, 5.74) is 0. The van der Waals surface area contributed by atoms with Gasteiger partial charge >= 0.3 is 0 Å². The lowest BCUT2D eigenvalue weighted by atomic mass is 10.2. The number of rotatable bonds is 2. The fraction of sp³-hybridized carbons (Fsp3) is 0.600. The summed E-state index contributed by atoms with van der Waals surface area (Å²) >= 11 is 0. The van der Waals surface area contributed by atoms with Gasteiger partial charge in [-0.3, -0.25) is 4.79 Å². The summed E-state index contributed by atoms with van der Waals surface area (Å²) in [5, 5.41) is 0. The van der Waals surface area contributed by atoms with Gasteiger partial charge in [0.1, 0.15) is 0 Å². The maximum absolute atomic E-state index is 9.57. The molecule has 0 heterocycles. The minimum absolute atomic E-state index is 0.0185. The molecule has 0 saturated heterocycles. The third-order valence-corrected chi connectivity index (χ3v) is 0.634. The molecule has 6 heavy (non-hydrogen) atoms. The molecule has 0 fully saturated rings. The van der Waals surface area contributed by atoms with E-state index in [1.54, 1.807) is 13.2 Å². The van der Waals surface area contributed by atoms with Crippen LogP contribution in [0.15, 0.2) is 0 Å². The van der Waals surface area contributed by atoms with Crippen molar-refractivity contribution in [3.8, 4) is 0 Å². The Labute approximate surface area is 38.4 Å². The van der Waals surface area contributed by atoms with E-state index in [4.69, 9.17) is 0 Å². The molecular weight excluding hydrogens is 76.1 g/mol. The highest BCUT2D eigenvalue weighted by atomic mass is 16.1. The highest BCUT2D eigenvalue weighted by Crippen LogP contribution is 1.91. The van der Waals surface area contributed by atoms with Crippen LogP contribution in [0.5, 0.6) is 0 Å². The molecule has 2 radical (unpaired) electrons. The third-order valence-electron chi connectivity index (χ3n) is 0.634. The van der Waals surface area contributed by atoms with Gasteiger partial charge in [-0.15, -0.1) is 0 Å². The van der Waals surface area contributed by atoms with E-state index >= 15 is 0 Å². The fourth-order valence-electron chi connectivity index (χ4n) is 0.0589. The molecule has 1 atom stereocenters. The van der Waals surface area contributed by atoms with E-state index in [0.717, 1.165) is 0 Å². The van der Waals surface area contributed by atoms with Crippen molar-refractivity contribution in [2.45, 2.75) is 13.3 Å². The standard InChI is InChI=1S/C5H8O/c1-3-5(2)4-6/h5H,1,3H2,2H3. The van der Waals surface area contributed by atoms with Crippen molar-refractivity contribution in [2.24, 2.45) is 5.92 Å². The van der Waals surface area contributed by atoms with Crippen LogP contribution >= 0.6 is 0 Å². The SMILES string of the molecule is [CH2]CC(C)[C]=O. The molecule has 0 bridgehead atoms. The van der Waals surface area contributed by atoms with Gasteiger partial charge in [-0.1, -0.05) is 13.8 Å². The summed E-state index contributed by atoms with van der Waals surface area (Å²) in [6, 6.07) is 0. The van der Waals surface area contributed by atoms with E-state index in [1.165, 1.54) is 0 Å². The molecule has 0 spiro atoms. The van der Waals surface area contributed by atoms with Gasteiger partial charge in [0, 0.05) is 5.92 Å². The number of carbonyl (C=O) groups excluding carboxylic acids is 1. The molecule has 0 aromatic rings. The van der Waals surface area contributed by atoms with E-state index < -0.39 is 0 Å². The zero-order valence-corrected chi connectivity index (χ0v) is 3.90. The van der Waals surface area contributed by atoms with Crippen LogP contribution in [0.2, 0.25) is 0 Å². The van der Waals surface area contributed by atoms with Crippen molar-refractivity contribution in [1.82, 2.24) is 0 Å². The van der Waals surface area contributed by atoms with Gasteiger partial charge in [-0.2, -0.15) is 0 Å². The van der Waals surface area contributed by atoms with E-state index in [9.17, 15) is 4.79 Å². The van der Waals surface area contributed by atoms with Gasteiger partial charge in [0.25, 0.3) is 0 Å². The van der Waals surface area contributed by atoms with E-state index in [0.29, 0.717) is 6.42 Å². The third kappa shape index (κ3) is 1.94. The Morgan fingerprint density at radius 2 is 2.50 bits per heavy atom. The molecule has 1 heteroatoms. The molecule has 0 amide bonds. The van der Waals surface area contributed by atoms with Gasteiger partial charge in [0.2, 0.25) is 6.29 Å². The van der Waals surface area contributed by atoms with Gasteiger partial charge in [0.05, 0.1) is 0 Å². The number of hydrogen-bond acceptors (Lipinski definition) is 1. The van der Waals surface area contributed by atoms with E-state index in [-0.39, 0.29) is 5.92 Å². The smallest absolute Gasteiger partial charge is 0.201 e. The molecule has 1 unspecified atom stereocenters. The maximum atomic E-state index is 9.57.